The zero-order valence-electron chi connectivity index (χ0n) is 75.8. The van der Waals surface area contributed by atoms with E-state index in [1.807, 2.05) is 27.7 Å². The fraction of sp³-hybridized carbons (Fsp3) is 0.897. The zero-order chi connectivity index (χ0) is 88.3. The minimum Gasteiger partial charge on any atom is -0.378 e. The van der Waals surface area contributed by atoms with Crippen LogP contribution in [-0.2, 0) is 143 Å². The van der Waals surface area contributed by atoms with Gasteiger partial charge in [-0.3, -0.25) is 43.4 Å². The standard InChI is InChI=1S/C75H134N2O27S.C12H17NO3/c1-18-22-24-52(78)25-23-27-77-59(80)44-57(71(77)81)105-42-41-94-36-35-91-31-32-92-37-38-95-45-58(79)76-26-28-89-29-30-90-33-34-93-39-40-96-65-55(21-4)101-75(70(87-16)68(65)85-14)102-60-46(5)43-56(64(82-11)66(60)83-12)98-61-48(7)50(9)73(100-53(61)19-2)104-63-51(10)97-74(69(86-15)67(63)84-13)103-62-47(6)49(8)72(88-17)99-54(62)20-3;1-2-3-5-10(14)6-4-9-13-11(15)7-8-12(13)16/h46-51,53-57,60-70,72-75H,18-45H2,1-17H3,(H,76,79);7-8H,2-6,9H2,1H3/t46-,47+,48+,49+,50+,51-,53+,54+,55+,56+,57?,60+,61-,62-,63+,64-,65+,66-,67-,68-,69+,70+,72-,73+,74-,75+;/m0./s1. The summed E-state index contributed by atoms with van der Waals surface area (Å²) < 4.78 is 143. The maximum Gasteiger partial charge on any atom is 0.253 e. The van der Waals surface area contributed by atoms with Crippen LogP contribution >= 0.6 is 11.8 Å². The molecular weight excluding hydrogens is 1600 g/mol. The Bertz CT molecular complexity index is 2950. The maximum atomic E-state index is 12.7. The number of ether oxygens (including phenoxy) is 23. The van der Waals surface area contributed by atoms with Crippen molar-refractivity contribution in [1.29, 1.82) is 0 Å². The Morgan fingerprint density at radius 3 is 1.36 bits per heavy atom. The van der Waals surface area contributed by atoms with E-state index in [2.05, 4.69) is 53.8 Å². The number of hydrogen-bond acceptors (Lipinski definition) is 31. The van der Waals surface area contributed by atoms with Gasteiger partial charge >= 0.3 is 0 Å². The number of methoxy groups -OCH3 is 7. The predicted molar refractivity (Wildman–Crippen MR) is 446 cm³/mol. The minimum atomic E-state index is -0.822. The van der Waals surface area contributed by atoms with E-state index in [1.54, 1.807) is 49.8 Å². The molecule has 700 valence electrons. The number of amides is 5. The molecule has 6 aliphatic heterocycles. The molecule has 1 unspecified atom stereocenters. The van der Waals surface area contributed by atoms with E-state index in [4.69, 9.17) is 109 Å². The number of carbonyl (C=O) groups is 7. The quantitative estimate of drug-likeness (QED) is 0.0447. The van der Waals surface area contributed by atoms with Crippen molar-refractivity contribution in [2.75, 3.05) is 174 Å². The van der Waals surface area contributed by atoms with Crippen LogP contribution in [0.15, 0.2) is 12.2 Å². The first-order valence-corrected chi connectivity index (χ1v) is 45.4. The van der Waals surface area contributed by atoms with Crippen molar-refractivity contribution in [2.45, 2.75) is 301 Å². The lowest BCUT2D eigenvalue weighted by atomic mass is 9.79. The van der Waals surface area contributed by atoms with E-state index in [1.165, 1.54) is 33.7 Å². The molecule has 1 saturated carbocycles. The molecule has 1 aliphatic carbocycles. The average Bonchev–Trinajstić information content (AvgIpc) is 1.40. The van der Waals surface area contributed by atoms with E-state index in [0.29, 0.717) is 162 Å². The van der Waals surface area contributed by atoms with E-state index in [0.717, 1.165) is 32.1 Å². The Kier molecular flexibility index (Phi) is 51.4. The van der Waals surface area contributed by atoms with Crippen molar-refractivity contribution in [3.63, 3.8) is 0 Å². The zero-order valence-corrected chi connectivity index (χ0v) is 76.6. The van der Waals surface area contributed by atoms with Gasteiger partial charge in [0.25, 0.3) is 11.8 Å². The molecule has 0 aromatic rings. The van der Waals surface area contributed by atoms with Gasteiger partial charge in [0.2, 0.25) is 17.7 Å². The Morgan fingerprint density at radius 1 is 0.421 bits per heavy atom. The van der Waals surface area contributed by atoms with E-state index >= 15 is 0 Å². The molecule has 0 radical (unpaired) electrons. The van der Waals surface area contributed by atoms with Crippen molar-refractivity contribution >= 4 is 52.9 Å². The molecule has 26 atom stereocenters. The Balaban J connectivity index is 0.00000126. The van der Waals surface area contributed by atoms with Crippen molar-refractivity contribution < 1.29 is 143 Å². The van der Waals surface area contributed by atoms with E-state index < -0.39 is 85.2 Å². The first-order chi connectivity index (χ1) is 58.5. The van der Waals surface area contributed by atoms with Gasteiger partial charge in [0.05, 0.1) is 147 Å². The van der Waals surface area contributed by atoms with Crippen LogP contribution in [0.2, 0.25) is 0 Å². The molecule has 5 saturated heterocycles. The first-order valence-electron chi connectivity index (χ1n) is 44.4. The third-order valence-corrected chi connectivity index (χ3v) is 25.0. The summed E-state index contributed by atoms with van der Waals surface area (Å²) in [5, 5.41) is 2.36. The third kappa shape index (κ3) is 33.1. The monoisotopic (exact) mass is 1750 g/mol. The second-order valence-electron chi connectivity index (χ2n) is 32.1. The Morgan fingerprint density at radius 2 is 0.843 bits per heavy atom. The van der Waals surface area contributed by atoms with Crippen LogP contribution in [0, 0.1) is 29.6 Å². The molecule has 0 bridgehead atoms. The third-order valence-electron chi connectivity index (χ3n) is 23.8. The lowest BCUT2D eigenvalue weighted by Gasteiger charge is -2.52. The second-order valence-corrected chi connectivity index (χ2v) is 33.4. The summed E-state index contributed by atoms with van der Waals surface area (Å²) in [5.74, 6) is -0.114. The molecule has 1 N–H and O–H groups in total. The molecule has 7 rings (SSSR count). The number of ketones is 2. The van der Waals surface area contributed by atoms with Crippen LogP contribution in [-0.4, -0.2) is 353 Å². The first kappa shape index (κ1) is 106. The highest BCUT2D eigenvalue weighted by Gasteiger charge is 2.56. The van der Waals surface area contributed by atoms with Crippen LogP contribution in [0.4, 0.5) is 0 Å². The topological polar surface area (TPSA) is 350 Å². The lowest BCUT2D eigenvalue weighted by molar-refractivity contribution is -0.369. The number of likely N-dealkylation sites (tertiary alicyclic amines) is 1. The molecular formula is C87H151N3O30S. The fourth-order valence-corrected chi connectivity index (χ4v) is 17.5. The highest BCUT2D eigenvalue weighted by atomic mass is 32.2. The number of Topliss-reactive ketones (excluding diaryl/α,β-unsaturated/α-hetero) is 2. The molecule has 0 aromatic carbocycles. The van der Waals surface area contributed by atoms with Gasteiger partial charge in [-0.25, -0.2) is 0 Å². The van der Waals surface area contributed by atoms with Gasteiger partial charge in [0.1, 0.15) is 67.0 Å². The van der Waals surface area contributed by atoms with Crippen LogP contribution in [0.25, 0.3) is 0 Å². The summed E-state index contributed by atoms with van der Waals surface area (Å²) in [7, 11) is 11.6. The SMILES string of the molecule is CCCCC(=O)CCCN1C(=O)C=CC1=O.CCCCC(=O)CCCN1C(=O)CC(SCCOCCOCCOCCOCC(=O)NCCOCCOCCOCCO[C@H]2[C@H](OC)[C@@H](OC)[C@@H](O[C@H]3[C@H](OC)[C@@H](OC)[C@H](O[C@H]4[C@H](C)[C@@H](C)[C@@H](O[C@H]5[C@H](OC)[C@@H](OC)[C@H](O[C@H]6[C@H](C)[C@@H](C)[C@@H](OC)O[C@@H]6CC)O[C@H]5C)O[C@@H]4CC)C[C@@H]3C)O[C@@H]2CC)C1=O. The summed E-state index contributed by atoms with van der Waals surface area (Å²) >= 11 is 1.42. The van der Waals surface area contributed by atoms with Gasteiger partial charge in [0, 0.05) is 131 Å². The summed E-state index contributed by atoms with van der Waals surface area (Å²) in [4.78, 5) is 85.4. The number of hydrogen-bond donors (Lipinski definition) is 1. The Labute approximate surface area is 723 Å². The average molecular weight is 1750 g/mol. The van der Waals surface area contributed by atoms with Gasteiger partial charge < -0.3 is 114 Å². The predicted octanol–water partition coefficient (Wildman–Crippen LogP) is 7.83. The molecule has 0 aromatic heterocycles. The van der Waals surface area contributed by atoms with Gasteiger partial charge in [-0.15, -0.1) is 11.8 Å². The smallest absolute Gasteiger partial charge is 0.253 e. The minimum absolute atomic E-state index is 0.00274. The summed E-state index contributed by atoms with van der Waals surface area (Å²) in [6.07, 6.45) is 2.63. The molecule has 0 spiro atoms. The van der Waals surface area contributed by atoms with Crippen LogP contribution in [0.1, 0.15) is 172 Å². The number of imide groups is 2. The molecule has 34 heteroatoms. The highest BCUT2D eigenvalue weighted by molar-refractivity contribution is 8.00. The van der Waals surface area contributed by atoms with Crippen LogP contribution in [0.3, 0.4) is 0 Å². The number of thioether (sulfide) groups is 1. The molecule has 6 fully saturated rings. The molecule has 5 amide bonds. The molecule has 33 nitrogen and oxygen atoms in total. The summed E-state index contributed by atoms with van der Waals surface area (Å²) in [5.41, 5.74) is 0. The van der Waals surface area contributed by atoms with Crippen molar-refractivity contribution in [1.82, 2.24) is 15.1 Å². The highest BCUT2D eigenvalue weighted by Crippen LogP contribution is 2.44. The number of nitrogens with one attached hydrogen (secondary N) is 1. The largest absolute Gasteiger partial charge is 0.378 e. The van der Waals surface area contributed by atoms with E-state index in [9.17, 15) is 33.6 Å². The second kappa shape index (κ2) is 58.7. The fourth-order valence-electron chi connectivity index (χ4n) is 16.5. The number of rotatable bonds is 60. The number of nitrogens with zero attached hydrogens (tertiary/aromatic N) is 2. The van der Waals surface area contributed by atoms with Gasteiger partial charge in [-0.05, 0) is 76.0 Å². The molecule has 7 aliphatic rings. The van der Waals surface area contributed by atoms with Crippen LogP contribution in [0.5, 0.6) is 0 Å². The number of unbranched alkanes of at least 4 members (excludes halogenated alkanes) is 2. The normalized spacial score (nSPS) is 32.7. The van der Waals surface area contributed by atoms with Gasteiger partial charge in [0.15, 0.2) is 25.2 Å². The van der Waals surface area contributed by atoms with E-state index in [-0.39, 0.29) is 140 Å². The molecule has 121 heavy (non-hydrogen) atoms. The van der Waals surface area contributed by atoms with Gasteiger partial charge in [-0.1, -0.05) is 82.1 Å². The van der Waals surface area contributed by atoms with Gasteiger partial charge in [-0.2, -0.15) is 0 Å². The van der Waals surface area contributed by atoms with Crippen LogP contribution < -0.4 is 5.32 Å². The lowest BCUT2D eigenvalue weighted by Crippen LogP contribution is -2.64. The van der Waals surface area contributed by atoms with Crippen molar-refractivity contribution in [3.05, 3.63) is 12.2 Å². The summed E-state index contributed by atoms with van der Waals surface area (Å²) in [6.45, 7) is 28.8. The van der Waals surface area contributed by atoms with Crippen molar-refractivity contribution in [3.8, 4) is 0 Å². The molecule has 6 heterocycles. The Hall–Kier alpha value is -3.74. The van der Waals surface area contributed by atoms with Crippen molar-refractivity contribution in [2.24, 2.45) is 29.6 Å². The summed E-state index contributed by atoms with van der Waals surface area (Å²) in [6, 6.07) is 0. The number of carbonyl (C=O) groups excluding carboxylic acids is 7. The maximum absolute atomic E-state index is 12.7.